The summed E-state index contributed by atoms with van der Waals surface area (Å²) < 4.78 is 40.7. The van der Waals surface area contributed by atoms with Gasteiger partial charge in [-0.25, -0.2) is 4.98 Å². The van der Waals surface area contributed by atoms with E-state index in [4.69, 9.17) is 0 Å². The molecule has 1 aromatic heterocycles. The van der Waals surface area contributed by atoms with Crippen LogP contribution in [0.3, 0.4) is 0 Å². The molecule has 1 unspecified atom stereocenters. The third-order valence-corrected chi connectivity index (χ3v) is 4.33. The molecule has 0 bridgehead atoms. The van der Waals surface area contributed by atoms with E-state index in [1.807, 2.05) is 6.92 Å². The van der Waals surface area contributed by atoms with Crippen molar-refractivity contribution in [3.05, 3.63) is 41.7 Å². The van der Waals surface area contributed by atoms with Gasteiger partial charge < -0.3 is 15.2 Å². The Balaban J connectivity index is 1.98. The van der Waals surface area contributed by atoms with Gasteiger partial charge in [0.25, 0.3) is 5.91 Å². The molecule has 1 aliphatic rings. The molecule has 1 aromatic carbocycles. The molecule has 2 heterocycles. The van der Waals surface area contributed by atoms with E-state index in [-0.39, 0.29) is 41.9 Å². The second-order valence-electron chi connectivity index (χ2n) is 6.33. The van der Waals surface area contributed by atoms with Crippen LogP contribution in [0.1, 0.15) is 41.9 Å². The van der Waals surface area contributed by atoms with Crippen LogP contribution in [0.25, 0.3) is 11.4 Å². The number of hydrogen-bond donors (Lipinski definition) is 2. The second-order valence-corrected chi connectivity index (χ2v) is 6.33. The van der Waals surface area contributed by atoms with Gasteiger partial charge in [0.05, 0.1) is 17.8 Å². The lowest BCUT2D eigenvalue weighted by molar-refractivity contribution is -0.137. The van der Waals surface area contributed by atoms with Crippen LogP contribution < -0.4 is 10.6 Å². The van der Waals surface area contributed by atoms with E-state index < -0.39 is 17.8 Å². The minimum Gasteiger partial charge on any atom is -0.356 e. The number of alkyl halides is 3. The Morgan fingerprint density at radius 3 is 2.89 bits per heavy atom. The summed E-state index contributed by atoms with van der Waals surface area (Å²) in [6.45, 7) is 2.67. The highest BCUT2D eigenvalue weighted by Crippen LogP contribution is 2.33. The fraction of sp³-hybridized carbons (Fsp3) is 0.389. The highest BCUT2D eigenvalue weighted by Gasteiger charge is 2.33. The predicted octanol–water partition coefficient (Wildman–Crippen LogP) is 2.77. The fourth-order valence-corrected chi connectivity index (χ4v) is 3.05. The number of halogens is 3. The van der Waals surface area contributed by atoms with Crippen molar-refractivity contribution in [1.29, 1.82) is 0 Å². The molecular formula is C18H19F3N4O2. The smallest absolute Gasteiger partial charge is 0.356 e. The summed E-state index contributed by atoms with van der Waals surface area (Å²) in [7, 11) is 0. The first-order valence-electron chi connectivity index (χ1n) is 8.61. The molecule has 3 rings (SSSR count). The molecule has 6 nitrogen and oxygen atoms in total. The molecule has 9 heteroatoms. The molecule has 0 saturated carbocycles. The molecule has 0 aliphatic carbocycles. The van der Waals surface area contributed by atoms with Crippen molar-refractivity contribution in [1.82, 2.24) is 20.2 Å². The van der Waals surface area contributed by atoms with E-state index in [2.05, 4.69) is 15.6 Å². The standard InChI is InChI=1S/C18H19F3N4O2/c1-2-6-22-15(26)8-13-9-24-17(27)14-10-23-16(25(13)14)11-4-3-5-12(7-11)18(19,20)21/h3-5,7,10,13H,2,6,8-9H2,1H3,(H,22,26)(H,24,27). The number of nitrogens with zero attached hydrogens (tertiary/aromatic N) is 2. The van der Waals surface area contributed by atoms with Crippen LogP contribution in [0.5, 0.6) is 0 Å². The number of carbonyl (C=O) groups excluding carboxylic acids is 2. The molecule has 0 radical (unpaired) electrons. The lowest BCUT2D eigenvalue weighted by Gasteiger charge is -2.27. The third-order valence-electron chi connectivity index (χ3n) is 4.33. The number of imidazole rings is 1. The average molecular weight is 380 g/mol. The Bertz CT molecular complexity index is 861. The number of fused-ring (bicyclic) bond motifs is 1. The van der Waals surface area contributed by atoms with Gasteiger partial charge in [-0.3, -0.25) is 9.59 Å². The van der Waals surface area contributed by atoms with Crippen LogP contribution in [0.2, 0.25) is 0 Å². The van der Waals surface area contributed by atoms with Crippen molar-refractivity contribution in [3.63, 3.8) is 0 Å². The van der Waals surface area contributed by atoms with Crippen LogP contribution in [0.4, 0.5) is 13.2 Å². The lowest BCUT2D eigenvalue weighted by atomic mass is 10.1. The summed E-state index contributed by atoms with van der Waals surface area (Å²) in [6, 6.07) is 4.35. The quantitative estimate of drug-likeness (QED) is 0.838. The summed E-state index contributed by atoms with van der Waals surface area (Å²) in [5.41, 5.74) is -0.332. The first kappa shape index (κ1) is 18.9. The number of amides is 2. The topological polar surface area (TPSA) is 76.0 Å². The van der Waals surface area contributed by atoms with Crippen molar-refractivity contribution in [2.75, 3.05) is 13.1 Å². The lowest BCUT2D eigenvalue weighted by Crippen LogP contribution is -2.41. The summed E-state index contributed by atoms with van der Waals surface area (Å²) in [6.07, 6.45) is -2.28. The molecule has 1 atom stereocenters. The maximum atomic E-state index is 13.0. The van der Waals surface area contributed by atoms with Crippen molar-refractivity contribution in [3.8, 4) is 11.4 Å². The van der Waals surface area contributed by atoms with E-state index in [0.29, 0.717) is 6.54 Å². The molecule has 1 aliphatic heterocycles. The van der Waals surface area contributed by atoms with Gasteiger partial charge in [0, 0.05) is 25.1 Å². The molecular weight excluding hydrogens is 361 g/mol. The second kappa shape index (κ2) is 7.42. The summed E-state index contributed by atoms with van der Waals surface area (Å²) >= 11 is 0. The molecule has 0 spiro atoms. The summed E-state index contributed by atoms with van der Waals surface area (Å²) in [4.78, 5) is 28.4. The average Bonchev–Trinajstić information content (AvgIpc) is 3.08. The minimum absolute atomic E-state index is 0.0929. The molecule has 2 amide bonds. The zero-order valence-corrected chi connectivity index (χ0v) is 14.6. The monoisotopic (exact) mass is 380 g/mol. The number of nitrogens with one attached hydrogen (secondary N) is 2. The van der Waals surface area contributed by atoms with Gasteiger partial charge in [-0.15, -0.1) is 0 Å². The van der Waals surface area contributed by atoms with E-state index in [1.165, 1.54) is 18.3 Å². The number of hydrogen-bond acceptors (Lipinski definition) is 3. The van der Waals surface area contributed by atoms with Gasteiger partial charge in [-0.1, -0.05) is 19.1 Å². The summed E-state index contributed by atoms with van der Waals surface area (Å²) in [5.74, 6) is -0.321. The minimum atomic E-state index is -4.48. The SMILES string of the molecule is CCCNC(=O)CC1CNC(=O)c2cnc(-c3cccc(C(F)(F)F)c3)n21. The number of aromatic nitrogens is 2. The highest BCUT2D eigenvalue weighted by molar-refractivity contribution is 5.94. The maximum Gasteiger partial charge on any atom is 0.416 e. The number of rotatable bonds is 5. The Morgan fingerprint density at radius 2 is 2.19 bits per heavy atom. The highest BCUT2D eigenvalue weighted by atomic mass is 19.4. The fourth-order valence-electron chi connectivity index (χ4n) is 3.05. The van der Waals surface area contributed by atoms with Crippen LogP contribution >= 0.6 is 0 Å². The van der Waals surface area contributed by atoms with Gasteiger partial charge in [-0.05, 0) is 18.6 Å². The normalized spacial score (nSPS) is 16.6. The number of benzene rings is 1. The molecule has 0 fully saturated rings. The predicted molar refractivity (Wildman–Crippen MR) is 92.0 cm³/mol. The van der Waals surface area contributed by atoms with Crippen molar-refractivity contribution >= 4 is 11.8 Å². The zero-order valence-electron chi connectivity index (χ0n) is 14.6. The van der Waals surface area contributed by atoms with Crippen molar-refractivity contribution < 1.29 is 22.8 Å². The Hall–Kier alpha value is -2.84. The third kappa shape index (κ3) is 3.96. The molecule has 2 aromatic rings. The van der Waals surface area contributed by atoms with Gasteiger partial charge in [-0.2, -0.15) is 13.2 Å². The van der Waals surface area contributed by atoms with Crippen LogP contribution in [0.15, 0.2) is 30.5 Å². The number of carbonyl (C=O) groups is 2. The van der Waals surface area contributed by atoms with E-state index in [0.717, 1.165) is 18.6 Å². The van der Waals surface area contributed by atoms with Crippen LogP contribution in [0, 0.1) is 0 Å². The van der Waals surface area contributed by atoms with Gasteiger partial charge >= 0.3 is 6.18 Å². The van der Waals surface area contributed by atoms with Crippen molar-refractivity contribution in [2.24, 2.45) is 0 Å². The van der Waals surface area contributed by atoms with Gasteiger partial charge in [0.15, 0.2) is 0 Å². The Morgan fingerprint density at radius 1 is 1.41 bits per heavy atom. The molecule has 2 N–H and O–H groups in total. The molecule has 144 valence electrons. The van der Waals surface area contributed by atoms with Gasteiger partial charge in [0.1, 0.15) is 11.5 Å². The zero-order chi connectivity index (χ0) is 19.6. The first-order chi connectivity index (χ1) is 12.8. The largest absolute Gasteiger partial charge is 0.416 e. The van der Waals surface area contributed by atoms with Gasteiger partial charge in [0.2, 0.25) is 5.91 Å². The van der Waals surface area contributed by atoms with Crippen molar-refractivity contribution in [2.45, 2.75) is 32.0 Å². The maximum absolute atomic E-state index is 13.0. The van der Waals surface area contributed by atoms with E-state index >= 15 is 0 Å². The van der Waals surface area contributed by atoms with Crippen LogP contribution in [-0.4, -0.2) is 34.5 Å². The first-order valence-corrected chi connectivity index (χ1v) is 8.61. The Labute approximate surface area is 153 Å². The molecule has 27 heavy (non-hydrogen) atoms. The van der Waals surface area contributed by atoms with Crippen LogP contribution in [-0.2, 0) is 11.0 Å². The van der Waals surface area contributed by atoms with E-state index in [1.54, 1.807) is 4.57 Å². The Kier molecular flexibility index (Phi) is 5.20. The summed E-state index contributed by atoms with van der Waals surface area (Å²) in [5, 5.41) is 5.46. The van der Waals surface area contributed by atoms with E-state index in [9.17, 15) is 22.8 Å². The molecule has 0 saturated heterocycles.